The van der Waals surface area contributed by atoms with Gasteiger partial charge in [0.15, 0.2) is 0 Å². The van der Waals surface area contributed by atoms with Crippen LogP contribution in [0.15, 0.2) is 35.4 Å². The summed E-state index contributed by atoms with van der Waals surface area (Å²) in [6.07, 6.45) is 3.44. The molecule has 21 heavy (non-hydrogen) atoms. The van der Waals surface area contributed by atoms with Gasteiger partial charge < -0.3 is 10.2 Å². The molecule has 6 heteroatoms. The quantitative estimate of drug-likeness (QED) is 0.874. The summed E-state index contributed by atoms with van der Waals surface area (Å²) >= 11 is 0. The van der Waals surface area contributed by atoms with Gasteiger partial charge in [0, 0.05) is 38.1 Å². The molecule has 2 rings (SSSR count). The Kier molecular flexibility index (Phi) is 4.92. The molecule has 0 aliphatic rings. The Bertz CT molecular complexity index is 653. The minimum absolute atomic E-state index is 0.122. The molecular weight excluding hydrogens is 266 g/mol. The minimum atomic E-state index is -0.122. The summed E-state index contributed by atoms with van der Waals surface area (Å²) in [7, 11) is 1.93. The van der Waals surface area contributed by atoms with Crippen LogP contribution in [0.5, 0.6) is 0 Å². The summed E-state index contributed by atoms with van der Waals surface area (Å²) in [5.74, 6) is 0. The number of aromatic nitrogens is 3. The summed E-state index contributed by atoms with van der Waals surface area (Å²) in [4.78, 5) is 18.4. The third-order valence-corrected chi connectivity index (χ3v) is 3.28. The Labute approximate surface area is 124 Å². The number of rotatable bonds is 6. The Morgan fingerprint density at radius 1 is 1.33 bits per heavy atom. The molecule has 6 nitrogen and oxygen atoms in total. The van der Waals surface area contributed by atoms with Crippen LogP contribution >= 0.6 is 0 Å². The van der Waals surface area contributed by atoms with Crippen LogP contribution in [0.2, 0.25) is 0 Å². The largest absolute Gasteiger partial charge is 0.385 e. The summed E-state index contributed by atoms with van der Waals surface area (Å²) in [5, 5.41) is 7.45. The fourth-order valence-electron chi connectivity index (χ4n) is 1.97. The molecule has 2 aromatic rings. The van der Waals surface area contributed by atoms with Crippen molar-refractivity contribution in [3.05, 3.63) is 46.6 Å². The average molecular weight is 287 g/mol. The molecule has 0 saturated carbocycles. The van der Waals surface area contributed by atoms with Gasteiger partial charge in [-0.1, -0.05) is 0 Å². The Morgan fingerprint density at radius 3 is 2.81 bits per heavy atom. The molecule has 0 bridgehead atoms. The highest BCUT2D eigenvalue weighted by molar-refractivity contribution is 5.43. The van der Waals surface area contributed by atoms with Crippen LogP contribution in [0.25, 0.3) is 0 Å². The van der Waals surface area contributed by atoms with Crippen molar-refractivity contribution < 1.29 is 0 Å². The van der Waals surface area contributed by atoms with E-state index >= 15 is 0 Å². The highest BCUT2D eigenvalue weighted by Gasteiger charge is 2.05. The average Bonchev–Trinajstić information content (AvgIpc) is 2.49. The molecule has 0 saturated heterocycles. The first-order chi connectivity index (χ1) is 10.1. The lowest BCUT2D eigenvalue weighted by Gasteiger charge is -2.16. The van der Waals surface area contributed by atoms with Gasteiger partial charge in [0.05, 0.1) is 24.1 Å². The molecular formula is C15H21N5O. The Hall–Kier alpha value is -2.37. The number of pyridine rings is 1. The molecule has 0 fully saturated rings. The van der Waals surface area contributed by atoms with Gasteiger partial charge in [-0.3, -0.25) is 9.78 Å². The normalized spacial score (nSPS) is 10.4. The molecule has 2 aromatic heterocycles. The molecule has 1 N–H and O–H groups in total. The zero-order valence-corrected chi connectivity index (χ0v) is 12.7. The maximum absolute atomic E-state index is 12.1. The van der Waals surface area contributed by atoms with Crippen molar-refractivity contribution in [1.82, 2.24) is 14.8 Å². The van der Waals surface area contributed by atoms with Crippen molar-refractivity contribution in [2.75, 3.05) is 30.4 Å². The van der Waals surface area contributed by atoms with Crippen LogP contribution in [0.1, 0.15) is 19.5 Å². The van der Waals surface area contributed by atoms with Gasteiger partial charge >= 0.3 is 0 Å². The van der Waals surface area contributed by atoms with E-state index in [0.29, 0.717) is 6.54 Å². The predicted octanol–water partition coefficient (Wildman–Crippen LogP) is 1.57. The number of nitrogens with zero attached hydrogens (tertiary/aromatic N) is 4. The van der Waals surface area contributed by atoms with Crippen LogP contribution < -0.4 is 15.8 Å². The molecule has 0 aliphatic heterocycles. The molecule has 0 radical (unpaired) electrons. The van der Waals surface area contributed by atoms with Gasteiger partial charge in [-0.2, -0.15) is 5.10 Å². The summed E-state index contributed by atoms with van der Waals surface area (Å²) in [5.41, 5.74) is 2.51. The van der Waals surface area contributed by atoms with Gasteiger partial charge in [0.25, 0.3) is 5.56 Å². The second-order valence-corrected chi connectivity index (χ2v) is 4.79. The molecule has 2 heterocycles. The van der Waals surface area contributed by atoms with E-state index in [1.165, 1.54) is 4.68 Å². The highest BCUT2D eigenvalue weighted by atomic mass is 16.1. The molecule has 0 unspecified atom stereocenters. The molecule has 0 amide bonds. The van der Waals surface area contributed by atoms with Crippen LogP contribution in [-0.4, -0.2) is 34.9 Å². The first-order valence-corrected chi connectivity index (χ1v) is 7.11. The van der Waals surface area contributed by atoms with Gasteiger partial charge in [0.1, 0.15) is 0 Å². The zero-order valence-electron chi connectivity index (χ0n) is 12.7. The molecule has 0 aromatic carbocycles. The third kappa shape index (κ3) is 3.81. The summed E-state index contributed by atoms with van der Waals surface area (Å²) in [6.45, 7) is 6.11. The SMILES string of the molecule is CCNc1ccnc(Cn2ncc(N(C)CC)cc2=O)c1. The van der Waals surface area contributed by atoms with Crippen LogP contribution in [0, 0.1) is 0 Å². The van der Waals surface area contributed by atoms with Gasteiger partial charge in [0.2, 0.25) is 0 Å². The first kappa shape index (κ1) is 15.0. The zero-order chi connectivity index (χ0) is 15.2. The fourth-order valence-corrected chi connectivity index (χ4v) is 1.97. The maximum atomic E-state index is 12.1. The number of anilines is 2. The van der Waals surface area contributed by atoms with Crippen molar-refractivity contribution in [3.8, 4) is 0 Å². The van der Waals surface area contributed by atoms with Gasteiger partial charge in [-0.15, -0.1) is 0 Å². The number of nitrogens with one attached hydrogen (secondary N) is 1. The van der Waals surface area contributed by atoms with E-state index in [4.69, 9.17) is 0 Å². The van der Waals surface area contributed by atoms with E-state index in [9.17, 15) is 4.79 Å². The lowest BCUT2D eigenvalue weighted by Crippen LogP contribution is -2.26. The van der Waals surface area contributed by atoms with Crippen molar-refractivity contribution in [2.45, 2.75) is 20.4 Å². The van der Waals surface area contributed by atoms with Gasteiger partial charge in [-0.05, 0) is 26.0 Å². The lowest BCUT2D eigenvalue weighted by atomic mass is 10.3. The second-order valence-electron chi connectivity index (χ2n) is 4.79. The van der Waals surface area contributed by atoms with E-state index < -0.39 is 0 Å². The summed E-state index contributed by atoms with van der Waals surface area (Å²) < 4.78 is 1.42. The van der Waals surface area contributed by atoms with Crippen LogP contribution in [-0.2, 0) is 6.54 Å². The summed E-state index contributed by atoms with van der Waals surface area (Å²) in [6, 6.07) is 5.44. The van der Waals surface area contributed by atoms with Crippen molar-refractivity contribution in [3.63, 3.8) is 0 Å². The van der Waals surface area contributed by atoms with E-state index in [0.717, 1.165) is 30.2 Å². The van der Waals surface area contributed by atoms with E-state index in [1.807, 2.05) is 37.9 Å². The fraction of sp³-hybridized carbons (Fsp3) is 0.400. The van der Waals surface area contributed by atoms with Crippen molar-refractivity contribution in [1.29, 1.82) is 0 Å². The van der Waals surface area contributed by atoms with Crippen molar-refractivity contribution in [2.24, 2.45) is 0 Å². The standard InChI is InChI=1S/C15H21N5O/c1-4-16-12-6-7-17-13(8-12)11-20-15(21)9-14(10-18-20)19(3)5-2/h6-10H,4-5,11H2,1-3H3,(H,16,17). The Morgan fingerprint density at radius 2 is 2.14 bits per heavy atom. The molecule has 112 valence electrons. The van der Waals surface area contributed by atoms with E-state index in [1.54, 1.807) is 18.5 Å². The molecule has 0 aliphatic carbocycles. The minimum Gasteiger partial charge on any atom is -0.385 e. The number of hydrogen-bond acceptors (Lipinski definition) is 5. The smallest absolute Gasteiger partial charge is 0.269 e. The van der Waals surface area contributed by atoms with E-state index in [2.05, 4.69) is 15.4 Å². The van der Waals surface area contributed by atoms with Crippen molar-refractivity contribution >= 4 is 11.4 Å². The monoisotopic (exact) mass is 287 g/mol. The number of hydrogen-bond donors (Lipinski definition) is 1. The molecule has 0 atom stereocenters. The predicted molar refractivity (Wildman–Crippen MR) is 84.9 cm³/mol. The van der Waals surface area contributed by atoms with Crippen LogP contribution in [0.3, 0.4) is 0 Å². The van der Waals surface area contributed by atoms with E-state index in [-0.39, 0.29) is 5.56 Å². The Balaban J connectivity index is 2.20. The molecule has 0 spiro atoms. The first-order valence-electron chi connectivity index (χ1n) is 7.11. The highest BCUT2D eigenvalue weighted by Crippen LogP contribution is 2.09. The maximum Gasteiger partial charge on any atom is 0.269 e. The lowest BCUT2D eigenvalue weighted by molar-refractivity contribution is 0.627. The topological polar surface area (TPSA) is 63.1 Å². The second kappa shape index (κ2) is 6.88. The third-order valence-electron chi connectivity index (χ3n) is 3.28. The van der Waals surface area contributed by atoms with Gasteiger partial charge in [-0.25, -0.2) is 4.68 Å². The van der Waals surface area contributed by atoms with Crippen LogP contribution in [0.4, 0.5) is 11.4 Å².